The lowest BCUT2D eigenvalue weighted by Crippen LogP contribution is -1.93. The molecule has 0 aromatic carbocycles. The van der Waals surface area contributed by atoms with Crippen molar-refractivity contribution in [2.24, 2.45) is 0 Å². The Labute approximate surface area is 53.1 Å². The van der Waals surface area contributed by atoms with Crippen molar-refractivity contribution in [1.29, 1.82) is 0 Å². The van der Waals surface area contributed by atoms with Crippen molar-refractivity contribution in [3.63, 3.8) is 0 Å². The monoisotopic (exact) mass is 122 g/mol. The van der Waals surface area contributed by atoms with Gasteiger partial charge < -0.3 is 4.74 Å². The van der Waals surface area contributed by atoms with Gasteiger partial charge >= 0.3 is 5.97 Å². The molecule has 0 amide bonds. The van der Waals surface area contributed by atoms with Gasteiger partial charge in [0, 0.05) is 6.08 Å². The molecule has 0 fully saturated rings. The van der Waals surface area contributed by atoms with Crippen LogP contribution in [-0.2, 0) is 9.53 Å². The molecule has 0 saturated carbocycles. The summed E-state index contributed by atoms with van der Waals surface area (Å²) in [5.41, 5.74) is 0. The molecule has 0 N–H and O–H groups in total. The van der Waals surface area contributed by atoms with E-state index < -0.39 is 0 Å². The van der Waals surface area contributed by atoms with Crippen LogP contribution < -0.4 is 0 Å². The Hall–Kier alpha value is -1.31. The number of hydrogen-bond acceptors (Lipinski definition) is 2. The minimum atomic E-state index is -0.337. The summed E-state index contributed by atoms with van der Waals surface area (Å²) in [6.45, 7) is 0. The van der Waals surface area contributed by atoms with Crippen LogP contribution in [0.3, 0.4) is 0 Å². The van der Waals surface area contributed by atoms with E-state index in [1.165, 1.54) is 12.3 Å². The van der Waals surface area contributed by atoms with Crippen molar-refractivity contribution in [2.45, 2.75) is 0 Å². The van der Waals surface area contributed by atoms with Crippen LogP contribution in [0.15, 0.2) is 36.6 Å². The standard InChI is InChI=1S/C7H6O2/c8-7-5-3-1-2-4-6-9-7/h1-6H. The van der Waals surface area contributed by atoms with Gasteiger partial charge in [-0.05, 0) is 6.08 Å². The zero-order valence-electron chi connectivity index (χ0n) is 4.78. The number of esters is 1. The van der Waals surface area contributed by atoms with Crippen LogP contribution in [0.2, 0.25) is 0 Å². The second-order valence-corrected chi connectivity index (χ2v) is 1.51. The first kappa shape index (κ1) is 5.82. The fourth-order valence-corrected chi connectivity index (χ4v) is 0.453. The van der Waals surface area contributed by atoms with Gasteiger partial charge in [0.25, 0.3) is 0 Å². The lowest BCUT2D eigenvalue weighted by Gasteiger charge is -1.91. The zero-order chi connectivity index (χ0) is 6.53. The molecule has 0 saturated heterocycles. The molecule has 9 heavy (non-hydrogen) atoms. The molecule has 0 spiro atoms. The number of cyclic esters (lactones) is 1. The summed E-state index contributed by atoms with van der Waals surface area (Å²) in [5.74, 6) is -0.337. The molecule has 0 radical (unpaired) electrons. The molecule has 1 aliphatic rings. The van der Waals surface area contributed by atoms with Gasteiger partial charge in [-0.2, -0.15) is 0 Å². The molecule has 0 unspecified atom stereocenters. The van der Waals surface area contributed by atoms with E-state index in [9.17, 15) is 4.79 Å². The first-order chi connectivity index (χ1) is 4.39. The average molecular weight is 122 g/mol. The number of allylic oxidation sites excluding steroid dienone is 4. The Morgan fingerprint density at radius 1 is 1.11 bits per heavy atom. The highest BCUT2D eigenvalue weighted by Crippen LogP contribution is 1.89. The molecule has 0 aliphatic carbocycles. The lowest BCUT2D eigenvalue weighted by molar-refractivity contribution is -0.132. The first-order valence-electron chi connectivity index (χ1n) is 2.60. The van der Waals surface area contributed by atoms with Crippen LogP contribution in [0.25, 0.3) is 0 Å². The Kier molecular flexibility index (Phi) is 1.85. The number of carbonyl (C=O) groups excluding carboxylic acids is 1. The average Bonchev–Trinajstić information content (AvgIpc) is 1.79. The Morgan fingerprint density at radius 3 is 2.78 bits per heavy atom. The van der Waals surface area contributed by atoms with Crippen LogP contribution in [0.4, 0.5) is 0 Å². The third-order valence-electron chi connectivity index (χ3n) is 0.828. The van der Waals surface area contributed by atoms with Crippen LogP contribution in [0.5, 0.6) is 0 Å². The molecule has 46 valence electrons. The van der Waals surface area contributed by atoms with Gasteiger partial charge in [-0.1, -0.05) is 18.2 Å². The van der Waals surface area contributed by atoms with Crippen molar-refractivity contribution in [2.75, 3.05) is 0 Å². The predicted octanol–water partition coefficient (Wildman–Crippen LogP) is 1.17. The molecule has 2 heteroatoms. The summed E-state index contributed by atoms with van der Waals surface area (Å²) in [5, 5.41) is 0. The molecule has 0 atom stereocenters. The summed E-state index contributed by atoms with van der Waals surface area (Å²) < 4.78 is 4.53. The van der Waals surface area contributed by atoms with Crippen molar-refractivity contribution < 1.29 is 9.53 Å². The maximum absolute atomic E-state index is 10.4. The van der Waals surface area contributed by atoms with E-state index in [0.717, 1.165) is 0 Å². The van der Waals surface area contributed by atoms with Crippen molar-refractivity contribution in [3.05, 3.63) is 36.6 Å². The van der Waals surface area contributed by atoms with E-state index in [2.05, 4.69) is 4.74 Å². The smallest absolute Gasteiger partial charge is 0.335 e. The van der Waals surface area contributed by atoms with E-state index in [1.807, 2.05) is 0 Å². The van der Waals surface area contributed by atoms with Crippen molar-refractivity contribution >= 4 is 5.97 Å². The van der Waals surface area contributed by atoms with Crippen LogP contribution in [0, 0.1) is 0 Å². The normalized spacial score (nSPS) is 16.7. The summed E-state index contributed by atoms with van der Waals surface area (Å²) >= 11 is 0. The zero-order valence-corrected chi connectivity index (χ0v) is 4.78. The van der Waals surface area contributed by atoms with Gasteiger partial charge in [0.1, 0.15) is 0 Å². The molecule has 2 nitrogen and oxygen atoms in total. The minimum Gasteiger partial charge on any atom is -0.431 e. The fourth-order valence-electron chi connectivity index (χ4n) is 0.453. The maximum atomic E-state index is 10.4. The van der Waals surface area contributed by atoms with Gasteiger partial charge in [0.15, 0.2) is 0 Å². The van der Waals surface area contributed by atoms with Gasteiger partial charge in [-0.25, -0.2) is 4.79 Å². The highest BCUT2D eigenvalue weighted by atomic mass is 16.5. The molecule has 0 aromatic heterocycles. The molecule has 1 rings (SSSR count). The van der Waals surface area contributed by atoms with E-state index in [0.29, 0.717) is 0 Å². The number of rotatable bonds is 0. The van der Waals surface area contributed by atoms with Gasteiger partial charge in [0.05, 0.1) is 6.26 Å². The van der Waals surface area contributed by atoms with Crippen LogP contribution >= 0.6 is 0 Å². The Bertz CT molecular complexity index is 187. The number of hydrogen-bond donors (Lipinski definition) is 0. The van der Waals surface area contributed by atoms with E-state index in [4.69, 9.17) is 0 Å². The largest absolute Gasteiger partial charge is 0.431 e. The Balaban J connectivity index is 2.70. The summed E-state index contributed by atoms with van der Waals surface area (Å²) in [6.07, 6.45) is 9.54. The molecule has 0 aromatic rings. The molecule has 0 bridgehead atoms. The highest BCUT2D eigenvalue weighted by Gasteiger charge is 1.90. The van der Waals surface area contributed by atoms with E-state index in [-0.39, 0.29) is 5.97 Å². The van der Waals surface area contributed by atoms with Gasteiger partial charge in [-0.15, -0.1) is 0 Å². The van der Waals surface area contributed by atoms with E-state index >= 15 is 0 Å². The molecule has 1 heterocycles. The topological polar surface area (TPSA) is 26.3 Å². The van der Waals surface area contributed by atoms with Crippen molar-refractivity contribution in [3.8, 4) is 0 Å². The summed E-state index contributed by atoms with van der Waals surface area (Å²) in [6, 6.07) is 0. The number of carbonyl (C=O) groups is 1. The summed E-state index contributed by atoms with van der Waals surface area (Å²) in [7, 11) is 0. The second kappa shape index (κ2) is 2.87. The fraction of sp³-hybridized carbons (Fsp3) is 0. The SMILES string of the molecule is O=C1C=CC=CC=CO1. The van der Waals surface area contributed by atoms with Crippen molar-refractivity contribution in [1.82, 2.24) is 0 Å². The second-order valence-electron chi connectivity index (χ2n) is 1.51. The first-order valence-corrected chi connectivity index (χ1v) is 2.60. The highest BCUT2D eigenvalue weighted by molar-refractivity contribution is 5.82. The maximum Gasteiger partial charge on any atom is 0.335 e. The molecular weight excluding hydrogens is 116 g/mol. The minimum absolute atomic E-state index is 0.337. The lowest BCUT2D eigenvalue weighted by atomic mass is 10.4. The van der Waals surface area contributed by atoms with Crippen LogP contribution in [0.1, 0.15) is 0 Å². The molecular formula is C7H6O2. The predicted molar refractivity (Wildman–Crippen MR) is 33.5 cm³/mol. The third kappa shape index (κ3) is 1.95. The quantitative estimate of drug-likeness (QED) is 0.451. The van der Waals surface area contributed by atoms with Crippen LogP contribution in [-0.4, -0.2) is 5.97 Å². The van der Waals surface area contributed by atoms with Gasteiger partial charge in [-0.3, -0.25) is 0 Å². The summed E-state index contributed by atoms with van der Waals surface area (Å²) in [4.78, 5) is 10.4. The van der Waals surface area contributed by atoms with E-state index in [1.54, 1.807) is 24.3 Å². The number of ether oxygens (including phenoxy) is 1. The van der Waals surface area contributed by atoms with Gasteiger partial charge in [0.2, 0.25) is 0 Å². The molecule has 1 aliphatic heterocycles. The Morgan fingerprint density at radius 2 is 1.89 bits per heavy atom. The third-order valence-corrected chi connectivity index (χ3v) is 0.828.